The van der Waals surface area contributed by atoms with E-state index < -0.39 is 0 Å². The Balaban J connectivity index is 1.74. The zero-order chi connectivity index (χ0) is 12.0. The summed E-state index contributed by atoms with van der Waals surface area (Å²) in [6.45, 7) is 5.25. The Kier molecular flexibility index (Phi) is 1.87. The van der Waals surface area contributed by atoms with Crippen LogP contribution >= 0.6 is 0 Å². The first kappa shape index (κ1) is 10.7. The maximum absolute atomic E-state index is 4.19. The normalized spacial score (nSPS) is 64.8. The molecule has 5 aliphatic rings. The van der Waals surface area contributed by atoms with Crippen LogP contribution in [-0.4, -0.2) is 29.7 Å². The molecule has 3 heterocycles. The van der Waals surface area contributed by atoms with Crippen molar-refractivity contribution in [1.82, 2.24) is 10.2 Å². The van der Waals surface area contributed by atoms with E-state index in [9.17, 15) is 0 Å². The second kappa shape index (κ2) is 3.15. The lowest BCUT2D eigenvalue weighted by Gasteiger charge is -2.63. The van der Waals surface area contributed by atoms with Gasteiger partial charge in [-0.2, -0.15) is 0 Å². The average Bonchev–Trinajstić information content (AvgIpc) is 2.72. The molecule has 0 radical (unpaired) electrons. The minimum absolute atomic E-state index is 0.442. The summed E-state index contributed by atoms with van der Waals surface area (Å²) in [5.74, 6) is 3.02. The Morgan fingerprint density at radius 1 is 1.17 bits per heavy atom. The highest BCUT2D eigenvalue weighted by Gasteiger charge is 2.75. The fraction of sp³-hybridized carbons (Fsp3) is 1.00. The first-order valence-corrected chi connectivity index (χ1v) is 8.29. The summed E-state index contributed by atoms with van der Waals surface area (Å²) in [7, 11) is 0. The molecule has 7 atom stereocenters. The number of hydrogen-bond donors (Lipinski definition) is 1. The molecular weight excluding hydrogens is 220 g/mol. The quantitative estimate of drug-likeness (QED) is 0.707. The first-order chi connectivity index (χ1) is 8.76. The zero-order valence-corrected chi connectivity index (χ0v) is 11.6. The summed E-state index contributed by atoms with van der Waals surface area (Å²) in [6.07, 6.45) is 10.5. The Morgan fingerprint density at radius 3 is 3.00 bits per heavy atom. The third-order valence-electron chi connectivity index (χ3n) is 7.44. The second-order valence-electron chi connectivity index (χ2n) is 7.97. The molecule has 2 heteroatoms. The second-order valence-corrected chi connectivity index (χ2v) is 7.97. The standard InChI is InChI=1S/C16H26N2/c1-11-8-12-9-14-13-4-2-6-18-7-3-5-15(12,13)16(18,10-11)17-14/h11-14,17H,2-10H2,1H3/t11?,12?,13-,14?,15+,16-/m1/s1. The van der Waals surface area contributed by atoms with Gasteiger partial charge in [-0.1, -0.05) is 6.92 Å². The monoisotopic (exact) mass is 246 g/mol. The molecule has 1 spiro atoms. The molecule has 5 bridgehead atoms. The van der Waals surface area contributed by atoms with Gasteiger partial charge in [-0.15, -0.1) is 0 Å². The molecule has 2 nitrogen and oxygen atoms in total. The van der Waals surface area contributed by atoms with Gasteiger partial charge >= 0.3 is 0 Å². The SMILES string of the molecule is CC1CC2CC3N[C@]4(C1)N1CCC[C@H]3[C@]24CCC1. The Bertz CT molecular complexity index is 391. The Morgan fingerprint density at radius 2 is 2.06 bits per heavy atom. The van der Waals surface area contributed by atoms with Crippen molar-refractivity contribution < 1.29 is 0 Å². The minimum atomic E-state index is 0.442. The van der Waals surface area contributed by atoms with Crippen LogP contribution in [0.25, 0.3) is 0 Å². The van der Waals surface area contributed by atoms with Crippen molar-refractivity contribution >= 4 is 0 Å². The highest BCUT2D eigenvalue weighted by molar-refractivity contribution is 5.27. The van der Waals surface area contributed by atoms with Gasteiger partial charge in [0.05, 0.1) is 5.66 Å². The van der Waals surface area contributed by atoms with Crippen LogP contribution < -0.4 is 5.32 Å². The summed E-state index contributed by atoms with van der Waals surface area (Å²) in [4.78, 5) is 2.90. The molecule has 0 amide bonds. The van der Waals surface area contributed by atoms with Crippen LogP contribution in [0.5, 0.6) is 0 Å². The number of hydrogen-bond acceptors (Lipinski definition) is 2. The number of nitrogens with zero attached hydrogens (tertiary/aromatic N) is 1. The topological polar surface area (TPSA) is 15.3 Å². The van der Waals surface area contributed by atoms with E-state index in [1.54, 1.807) is 0 Å². The van der Waals surface area contributed by atoms with Crippen LogP contribution in [0.15, 0.2) is 0 Å². The van der Waals surface area contributed by atoms with Crippen molar-refractivity contribution in [3.63, 3.8) is 0 Å². The summed E-state index contributed by atoms with van der Waals surface area (Å²) in [5, 5.41) is 4.19. The fourth-order valence-corrected chi connectivity index (χ4v) is 7.34. The lowest BCUT2D eigenvalue weighted by atomic mass is 9.53. The molecular formula is C16H26N2. The number of nitrogens with one attached hydrogen (secondary N) is 1. The molecule has 0 aromatic carbocycles. The van der Waals surface area contributed by atoms with E-state index in [0.717, 1.165) is 23.8 Å². The van der Waals surface area contributed by atoms with Gasteiger partial charge in [0.25, 0.3) is 0 Å². The summed E-state index contributed by atoms with van der Waals surface area (Å²) >= 11 is 0. The van der Waals surface area contributed by atoms with Crippen LogP contribution in [0.4, 0.5) is 0 Å². The highest BCUT2D eigenvalue weighted by atomic mass is 15.4. The van der Waals surface area contributed by atoms with Crippen molar-refractivity contribution in [2.45, 2.75) is 63.6 Å². The van der Waals surface area contributed by atoms with Gasteiger partial charge in [0.2, 0.25) is 0 Å². The van der Waals surface area contributed by atoms with E-state index in [2.05, 4.69) is 17.1 Å². The Hall–Kier alpha value is -0.0800. The Labute approximate surface area is 110 Å². The molecule has 2 aliphatic carbocycles. The predicted molar refractivity (Wildman–Crippen MR) is 72.1 cm³/mol. The van der Waals surface area contributed by atoms with Gasteiger partial charge in [0.15, 0.2) is 0 Å². The molecule has 100 valence electrons. The van der Waals surface area contributed by atoms with Crippen molar-refractivity contribution in [2.24, 2.45) is 23.2 Å². The third kappa shape index (κ3) is 0.924. The molecule has 2 saturated carbocycles. The lowest BCUT2D eigenvalue weighted by molar-refractivity contribution is -0.149. The van der Waals surface area contributed by atoms with E-state index in [1.165, 1.54) is 58.0 Å². The van der Waals surface area contributed by atoms with Crippen molar-refractivity contribution in [3.8, 4) is 0 Å². The van der Waals surface area contributed by atoms with Gasteiger partial charge in [0, 0.05) is 11.5 Å². The van der Waals surface area contributed by atoms with Crippen LogP contribution in [0, 0.1) is 23.2 Å². The van der Waals surface area contributed by atoms with Crippen LogP contribution in [0.2, 0.25) is 0 Å². The van der Waals surface area contributed by atoms with E-state index in [4.69, 9.17) is 0 Å². The molecule has 3 aliphatic heterocycles. The van der Waals surface area contributed by atoms with Crippen molar-refractivity contribution in [3.05, 3.63) is 0 Å². The van der Waals surface area contributed by atoms with Crippen molar-refractivity contribution in [1.29, 1.82) is 0 Å². The maximum Gasteiger partial charge on any atom is 0.0781 e. The summed E-state index contributed by atoms with van der Waals surface area (Å²) in [6, 6.07) is 0.878. The van der Waals surface area contributed by atoms with E-state index in [1.807, 2.05) is 0 Å². The van der Waals surface area contributed by atoms with Gasteiger partial charge in [-0.25, -0.2) is 0 Å². The molecule has 18 heavy (non-hydrogen) atoms. The summed E-state index contributed by atoms with van der Waals surface area (Å²) in [5.41, 5.74) is 1.14. The smallest absolute Gasteiger partial charge is 0.0781 e. The lowest BCUT2D eigenvalue weighted by Crippen LogP contribution is -2.72. The van der Waals surface area contributed by atoms with E-state index >= 15 is 0 Å². The fourth-order valence-electron chi connectivity index (χ4n) is 7.34. The van der Waals surface area contributed by atoms with E-state index in [-0.39, 0.29) is 0 Å². The molecule has 3 saturated heterocycles. The van der Waals surface area contributed by atoms with Gasteiger partial charge in [-0.3, -0.25) is 10.2 Å². The van der Waals surface area contributed by atoms with Crippen LogP contribution in [0.3, 0.4) is 0 Å². The molecule has 1 N–H and O–H groups in total. The summed E-state index contributed by atoms with van der Waals surface area (Å²) < 4.78 is 0. The molecule has 4 unspecified atom stereocenters. The van der Waals surface area contributed by atoms with Crippen molar-refractivity contribution in [2.75, 3.05) is 13.1 Å². The van der Waals surface area contributed by atoms with E-state index in [0.29, 0.717) is 11.1 Å². The molecule has 5 fully saturated rings. The number of rotatable bonds is 0. The zero-order valence-electron chi connectivity index (χ0n) is 11.6. The molecule has 0 aromatic heterocycles. The number of piperidine rings is 2. The largest absolute Gasteiger partial charge is 0.296 e. The van der Waals surface area contributed by atoms with Crippen LogP contribution in [-0.2, 0) is 0 Å². The first-order valence-electron chi connectivity index (χ1n) is 8.29. The average molecular weight is 246 g/mol. The van der Waals surface area contributed by atoms with Gasteiger partial charge < -0.3 is 0 Å². The predicted octanol–water partition coefficient (Wildman–Crippen LogP) is 2.60. The molecule has 0 aromatic rings. The minimum Gasteiger partial charge on any atom is -0.296 e. The highest BCUT2D eigenvalue weighted by Crippen LogP contribution is 2.71. The third-order valence-corrected chi connectivity index (χ3v) is 7.44. The van der Waals surface area contributed by atoms with Gasteiger partial charge in [0.1, 0.15) is 0 Å². The maximum atomic E-state index is 4.19. The van der Waals surface area contributed by atoms with Gasteiger partial charge in [-0.05, 0) is 75.8 Å². The molecule has 5 rings (SSSR count). The van der Waals surface area contributed by atoms with Crippen LogP contribution in [0.1, 0.15) is 51.9 Å².